The number of nitrogens with one attached hydrogen (secondary N) is 1. The van der Waals surface area contributed by atoms with E-state index in [0.717, 1.165) is 6.42 Å². The molecular formula is C9H18N2O3. The molecule has 0 aliphatic heterocycles. The van der Waals surface area contributed by atoms with Crippen molar-refractivity contribution in [3.05, 3.63) is 0 Å². The number of methoxy groups -OCH3 is 1. The quantitative estimate of drug-likeness (QED) is 0.604. The van der Waals surface area contributed by atoms with Crippen LogP contribution in [0.15, 0.2) is 0 Å². The summed E-state index contributed by atoms with van der Waals surface area (Å²) in [6, 6.07) is -1.19. The number of esters is 1. The van der Waals surface area contributed by atoms with E-state index in [1.165, 1.54) is 7.11 Å². The van der Waals surface area contributed by atoms with Crippen molar-refractivity contribution in [3.8, 4) is 0 Å². The predicted octanol–water partition coefficient (Wildman–Crippen LogP) is -0.208. The number of hydrogen-bond donors (Lipinski definition) is 2. The molecule has 5 heteroatoms. The maximum absolute atomic E-state index is 11.3. The minimum Gasteiger partial charge on any atom is -0.467 e. The molecule has 82 valence electrons. The maximum Gasteiger partial charge on any atom is 0.328 e. The summed E-state index contributed by atoms with van der Waals surface area (Å²) in [4.78, 5) is 22.3. The highest BCUT2D eigenvalue weighted by atomic mass is 16.5. The van der Waals surface area contributed by atoms with Crippen molar-refractivity contribution < 1.29 is 14.3 Å². The zero-order chi connectivity index (χ0) is 11.1. The smallest absolute Gasteiger partial charge is 0.328 e. The Kier molecular flexibility index (Phi) is 5.87. The van der Waals surface area contributed by atoms with Crippen molar-refractivity contribution in [2.24, 2.45) is 5.73 Å². The molecule has 0 saturated carbocycles. The molecule has 0 radical (unpaired) electrons. The molecule has 1 amide bonds. The van der Waals surface area contributed by atoms with Crippen molar-refractivity contribution in [2.75, 3.05) is 7.11 Å². The number of ether oxygens (including phenoxy) is 1. The highest BCUT2D eigenvalue weighted by Crippen LogP contribution is 1.94. The second kappa shape index (κ2) is 6.37. The van der Waals surface area contributed by atoms with Gasteiger partial charge in [-0.2, -0.15) is 0 Å². The Morgan fingerprint density at radius 2 is 2.07 bits per heavy atom. The van der Waals surface area contributed by atoms with Crippen molar-refractivity contribution >= 4 is 11.9 Å². The van der Waals surface area contributed by atoms with E-state index < -0.39 is 18.1 Å². The summed E-state index contributed by atoms with van der Waals surface area (Å²) in [5.41, 5.74) is 5.55. The number of nitrogens with two attached hydrogens (primary N) is 1. The number of rotatable bonds is 5. The van der Waals surface area contributed by atoms with Crippen molar-refractivity contribution in [1.29, 1.82) is 0 Å². The largest absolute Gasteiger partial charge is 0.467 e. The van der Waals surface area contributed by atoms with E-state index in [-0.39, 0.29) is 5.91 Å². The molecule has 0 fully saturated rings. The highest BCUT2D eigenvalue weighted by Gasteiger charge is 2.19. The van der Waals surface area contributed by atoms with Crippen LogP contribution in [-0.2, 0) is 14.3 Å². The second-order valence-corrected chi connectivity index (χ2v) is 3.15. The molecular weight excluding hydrogens is 184 g/mol. The van der Waals surface area contributed by atoms with E-state index in [1.54, 1.807) is 6.92 Å². The lowest BCUT2D eigenvalue weighted by Gasteiger charge is -2.15. The van der Waals surface area contributed by atoms with Gasteiger partial charge in [0, 0.05) is 0 Å². The average molecular weight is 202 g/mol. The predicted molar refractivity (Wildman–Crippen MR) is 52.5 cm³/mol. The van der Waals surface area contributed by atoms with E-state index in [4.69, 9.17) is 5.73 Å². The third kappa shape index (κ3) is 4.23. The van der Waals surface area contributed by atoms with Gasteiger partial charge in [0.25, 0.3) is 0 Å². The molecule has 0 aliphatic carbocycles. The lowest BCUT2D eigenvalue weighted by molar-refractivity contribution is -0.144. The third-order valence-electron chi connectivity index (χ3n) is 1.85. The normalized spacial score (nSPS) is 14.3. The summed E-state index contributed by atoms with van der Waals surface area (Å²) in [6.45, 7) is 3.50. The van der Waals surface area contributed by atoms with Gasteiger partial charge < -0.3 is 15.8 Å². The summed E-state index contributed by atoms with van der Waals surface area (Å²) >= 11 is 0. The van der Waals surface area contributed by atoms with E-state index in [2.05, 4.69) is 10.1 Å². The lowest BCUT2D eigenvalue weighted by Crippen LogP contribution is -2.47. The van der Waals surface area contributed by atoms with Gasteiger partial charge in [0.1, 0.15) is 6.04 Å². The topological polar surface area (TPSA) is 81.4 Å². The van der Waals surface area contributed by atoms with Crippen LogP contribution >= 0.6 is 0 Å². The molecule has 0 aromatic rings. The molecule has 14 heavy (non-hydrogen) atoms. The molecule has 0 aromatic heterocycles. The first kappa shape index (κ1) is 12.9. The maximum atomic E-state index is 11.3. The first-order valence-electron chi connectivity index (χ1n) is 4.66. The van der Waals surface area contributed by atoms with Gasteiger partial charge in [-0.3, -0.25) is 4.79 Å². The summed E-state index contributed by atoms with van der Waals surface area (Å²) in [5.74, 6) is -0.785. The molecule has 0 aromatic carbocycles. The number of carbonyl (C=O) groups is 2. The fourth-order valence-electron chi connectivity index (χ4n) is 0.998. The SMILES string of the molecule is CCC[C@@H](N)C(=O)N[C@H](C)C(=O)OC. The lowest BCUT2D eigenvalue weighted by atomic mass is 10.1. The minimum absolute atomic E-state index is 0.315. The molecule has 0 rings (SSSR count). The zero-order valence-corrected chi connectivity index (χ0v) is 8.87. The Labute approximate surface area is 84.0 Å². The minimum atomic E-state index is -0.643. The summed E-state index contributed by atoms with van der Waals surface area (Å²) in [5, 5.41) is 2.48. The Balaban J connectivity index is 3.98. The number of hydrogen-bond acceptors (Lipinski definition) is 4. The van der Waals surface area contributed by atoms with Crippen molar-refractivity contribution in [2.45, 2.75) is 38.8 Å². The highest BCUT2D eigenvalue weighted by molar-refractivity contribution is 5.87. The van der Waals surface area contributed by atoms with Gasteiger partial charge in [-0.05, 0) is 13.3 Å². The van der Waals surface area contributed by atoms with Crippen LogP contribution in [0.25, 0.3) is 0 Å². The third-order valence-corrected chi connectivity index (χ3v) is 1.85. The summed E-state index contributed by atoms with van der Waals surface area (Å²) < 4.78 is 4.46. The van der Waals surface area contributed by atoms with Crippen LogP contribution in [0.3, 0.4) is 0 Å². The van der Waals surface area contributed by atoms with Crippen LogP contribution < -0.4 is 11.1 Å². The monoisotopic (exact) mass is 202 g/mol. The second-order valence-electron chi connectivity index (χ2n) is 3.15. The Morgan fingerprint density at radius 3 is 2.50 bits per heavy atom. The molecule has 0 unspecified atom stereocenters. The average Bonchev–Trinajstić information content (AvgIpc) is 2.16. The zero-order valence-electron chi connectivity index (χ0n) is 8.87. The van der Waals surface area contributed by atoms with E-state index >= 15 is 0 Å². The van der Waals surface area contributed by atoms with Gasteiger partial charge in [0.05, 0.1) is 13.2 Å². The molecule has 0 bridgehead atoms. The van der Waals surface area contributed by atoms with Crippen LogP contribution in [0.2, 0.25) is 0 Å². The number of amides is 1. The van der Waals surface area contributed by atoms with Crippen LogP contribution in [0.5, 0.6) is 0 Å². The van der Waals surface area contributed by atoms with Gasteiger partial charge in [-0.25, -0.2) is 4.79 Å². The molecule has 0 aliphatic rings. The Hall–Kier alpha value is -1.10. The van der Waals surface area contributed by atoms with Crippen LogP contribution in [0.4, 0.5) is 0 Å². The van der Waals surface area contributed by atoms with Crippen LogP contribution in [-0.4, -0.2) is 31.1 Å². The van der Waals surface area contributed by atoms with Crippen LogP contribution in [0.1, 0.15) is 26.7 Å². The molecule has 0 spiro atoms. The van der Waals surface area contributed by atoms with Gasteiger partial charge >= 0.3 is 5.97 Å². The van der Waals surface area contributed by atoms with Gasteiger partial charge in [0.2, 0.25) is 5.91 Å². The first-order valence-corrected chi connectivity index (χ1v) is 4.66. The summed E-state index contributed by atoms with van der Waals surface area (Å²) in [7, 11) is 1.27. The first-order chi connectivity index (χ1) is 6.52. The number of carbonyl (C=O) groups excluding carboxylic acids is 2. The van der Waals surface area contributed by atoms with E-state index in [0.29, 0.717) is 6.42 Å². The molecule has 2 atom stereocenters. The van der Waals surface area contributed by atoms with E-state index in [9.17, 15) is 9.59 Å². The van der Waals surface area contributed by atoms with Crippen molar-refractivity contribution in [3.63, 3.8) is 0 Å². The molecule has 3 N–H and O–H groups in total. The molecule has 5 nitrogen and oxygen atoms in total. The Bertz CT molecular complexity index is 206. The molecule has 0 heterocycles. The molecule has 0 saturated heterocycles. The van der Waals surface area contributed by atoms with E-state index in [1.807, 2.05) is 6.92 Å². The van der Waals surface area contributed by atoms with Gasteiger partial charge in [-0.15, -0.1) is 0 Å². The van der Waals surface area contributed by atoms with Gasteiger partial charge in [0.15, 0.2) is 0 Å². The van der Waals surface area contributed by atoms with Crippen LogP contribution in [0, 0.1) is 0 Å². The fraction of sp³-hybridized carbons (Fsp3) is 0.778. The van der Waals surface area contributed by atoms with Gasteiger partial charge in [-0.1, -0.05) is 13.3 Å². The Morgan fingerprint density at radius 1 is 1.50 bits per heavy atom. The fourth-order valence-corrected chi connectivity index (χ4v) is 0.998. The standard InChI is InChI=1S/C9H18N2O3/c1-4-5-7(10)8(12)11-6(2)9(13)14-3/h6-7H,4-5,10H2,1-3H3,(H,11,12)/t6-,7-/m1/s1. The summed E-state index contributed by atoms with van der Waals surface area (Å²) in [6.07, 6.45) is 1.45. The van der Waals surface area contributed by atoms with Crippen molar-refractivity contribution in [1.82, 2.24) is 5.32 Å².